The van der Waals surface area contributed by atoms with Gasteiger partial charge in [0.25, 0.3) is 0 Å². The molecule has 3 N–H and O–H groups in total. The van der Waals surface area contributed by atoms with Crippen molar-refractivity contribution in [2.24, 2.45) is 0 Å². The number of ketones is 1. The Morgan fingerprint density at radius 2 is 1.14 bits per heavy atom. The van der Waals surface area contributed by atoms with Crippen molar-refractivity contribution in [3.8, 4) is 0 Å². The number of nitrogens with one attached hydrogen (secondary N) is 1. The van der Waals surface area contributed by atoms with Gasteiger partial charge in [0.1, 0.15) is 11.8 Å². The molecule has 0 aromatic heterocycles. The number of esters is 1. The Bertz CT molecular complexity index is 924. The molecule has 0 amide bonds. The second-order valence-corrected chi connectivity index (χ2v) is 15.3. The lowest BCUT2D eigenvalue weighted by molar-refractivity contribution is -0.150. The Hall–Kier alpha value is -2.13. The summed E-state index contributed by atoms with van der Waals surface area (Å²) in [5.41, 5.74) is 1.29. The molecule has 9 heteroatoms. The number of unbranched alkanes of at least 4 members (excludes halogenated alkanes) is 18. The summed E-state index contributed by atoms with van der Waals surface area (Å²) in [6, 6.07) is 0. The Morgan fingerprint density at radius 1 is 0.667 bits per heavy atom. The van der Waals surface area contributed by atoms with E-state index in [1.807, 2.05) is 14.1 Å². The minimum atomic E-state index is -1.06. The number of aliphatic hydroxyl groups excluding tert-OH is 1. The molecule has 9 nitrogen and oxygen atoms in total. The summed E-state index contributed by atoms with van der Waals surface area (Å²) < 4.78 is 6.03. The zero-order chi connectivity index (χ0) is 37.5. The van der Waals surface area contributed by atoms with Gasteiger partial charge in [-0.1, -0.05) is 117 Å². The van der Waals surface area contributed by atoms with E-state index >= 15 is 0 Å². The quantitative estimate of drug-likeness (QED) is 0.0426. The minimum absolute atomic E-state index is 0.0364. The number of aliphatic carboxylic acids is 1. The fourth-order valence-corrected chi connectivity index (χ4v) is 6.93. The van der Waals surface area contributed by atoms with Gasteiger partial charge in [0, 0.05) is 32.5 Å². The Kier molecular flexibility index (Phi) is 28.9. The molecule has 51 heavy (non-hydrogen) atoms. The van der Waals surface area contributed by atoms with Crippen LogP contribution < -0.4 is 5.32 Å². The lowest BCUT2D eigenvalue weighted by Crippen LogP contribution is -2.50. The third kappa shape index (κ3) is 23.9. The number of carbonyl (C=O) groups is 3. The molecule has 1 unspecified atom stereocenters. The molecule has 298 valence electrons. The molecular weight excluding hydrogens is 642 g/mol. The third-order valence-corrected chi connectivity index (χ3v) is 10.1. The first kappa shape index (κ1) is 46.9. The monoisotopic (exact) mass is 722 g/mol. The van der Waals surface area contributed by atoms with Crippen LogP contribution in [0, 0.1) is 0 Å². The van der Waals surface area contributed by atoms with Crippen molar-refractivity contribution < 1.29 is 29.3 Å². The Morgan fingerprint density at radius 3 is 1.65 bits per heavy atom. The van der Waals surface area contributed by atoms with Crippen LogP contribution in [0.25, 0.3) is 0 Å². The summed E-state index contributed by atoms with van der Waals surface area (Å²) in [6.07, 6.45) is 27.1. The lowest BCUT2D eigenvalue weighted by atomic mass is 9.93. The topological polar surface area (TPSA) is 119 Å². The van der Waals surface area contributed by atoms with E-state index in [4.69, 9.17) is 9.84 Å². The van der Waals surface area contributed by atoms with E-state index < -0.39 is 12.1 Å². The molecule has 0 aromatic rings. The molecule has 0 radical (unpaired) electrons. The average Bonchev–Trinajstić information content (AvgIpc) is 3.10. The first-order valence-electron chi connectivity index (χ1n) is 21.2. The van der Waals surface area contributed by atoms with Crippen molar-refractivity contribution in [3.05, 3.63) is 11.4 Å². The summed E-state index contributed by atoms with van der Waals surface area (Å²) in [5, 5.41) is 22.7. The summed E-state index contributed by atoms with van der Waals surface area (Å²) >= 11 is 0. The van der Waals surface area contributed by atoms with Gasteiger partial charge in [0.2, 0.25) is 5.78 Å². The van der Waals surface area contributed by atoms with Crippen molar-refractivity contribution >= 4 is 17.7 Å². The van der Waals surface area contributed by atoms with Gasteiger partial charge < -0.3 is 30.1 Å². The van der Waals surface area contributed by atoms with Crippen LogP contribution in [0.4, 0.5) is 0 Å². The standard InChI is InChI=1S/C42H79N3O6/c1-5-7-9-11-15-21-28-36(29-22-16-12-10-8-6-2)51-38(48)31-24-18-14-20-26-35-45(34-25-19-13-17-23-30-37(46)47)40-39(41(49)42(40)50)43-32-27-33-44(3)4/h36,41,43,49H,5-35H2,1-4H3,(H,46,47). The fraction of sp³-hybridized carbons (Fsp3) is 0.881. The van der Waals surface area contributed by atoms with Crippen molar-refractivity contribution in [2.75, 3.05) is 40.3 Å². The highest BCUT2D eigenvalue weighted by Gasteiger charge is 2.40. The molecule has 1 aliphatic carbocycles. The van der Waals surface area contributed by atoms with Crippen LogP contribution in [0.5, 0.6) is 0 Å². The molecule has 1 rings (SSSR count). The van der Waals surface area contributed by atoms with E-state index in [0.717, 1.165) is 110 Å². The highest BCUT2D eigenvalue weighted by Crippen LogP contribution is 2.27. The molecule has 0 aromatic carbocycles. The third-order valence-electron chi connectivity index (χ3n) is 10.1. The number of carbonyl (C=O) groups excluding carboxylic acids is 2. The lowest BCUT2D eigenvalue weighted by Gasteiger charge is -2.37. The molecule has 0 spiro atoms. The van der Waals surface area contributed by atoms with Gasteiger partial charge >= 0.3 is 11.9 Å². The van der Waals surface area contributed by atoms with Crippen LogP contribution in [-0.2, 0) is 19.1 Å². The van der Waals surface area contributed by atoms with Crippen LogP contribution >= 0.6 is 0 Å². The number of Topliss-reactive ketones (excluding diaryl/α,β-unsaturated/α-hetero) is 1. The zero-order valence-electron chi connectivity index (χ0n) is 33.5. The number of ether oxygens (including phenoxy) is 1. The van der Waals surface area contributed by atoms with Crippen molar-refractivity contribution in [2.45, 2.75) is 199 Å². The molecule has 0 saturated carbocycles. The first-order valence-corrected chi connectivity index (χ1v) is 21.2. The summed E-state index contributed by atoms with van der Waals surface area (Å²) in [7, 11) is 4.07. The van der Waals surface area contributed by atoms with E-state index in [2.05, 4.69) is 29.0 Å². The van der Waals surface area contributed by atoms with Crippen LogP contribution in [0.3, 0.4) is 0 Å². The second-order valence-electron chi connectivity index (χ2n) is 15.3. The number of hydrogen-bond donors (Lipinski definition) is 3. The summed E-state index contributed by atoms with van der Waals surface area (Å²) in [4.78, 5) is 40.7. The van der Waals surface area contributed by atoms with Crippen LogP contribution in [0.2, 0.25) is 0 Å². The van der Waals surface area contributed by atoms with Gasteiger partial charge in [-0.25, -0.2) is 0 Å². The predicted molar refractivity (Wildman–Crippen MR) is 210 cm³/mol. The average molecular weight is 722 g/mol. The molecule has 1 atom stereocenters. The largest absolute Gasteiger partial charge is 0.481 e. The molecule has 0 aliphatic heterocycles. The zero-order valence-corrected chi connectivity index (χ0v) is 33.5. The molecular formula is C42H79N3O6. The van der Waals surface area contributed by atoms with Crippen molar-refractivity contribution in [1.29, 1.82) is 0 Å². The minimum Gasteiger partial charge on any atom is -0.481 e. The number of rotatable bonds is 37. The smallest absolute Gasteiger partial charge is 0.306 e. The van der Waals surface area contributed by atoms with Gasteiger partial charge in [-0.15, -0.1) is 0 Å². The normalized spacial score (nSPS) is 14.4. The summed E-state index contributed by atoms with van der Waals surface area (Å²) in [6.45, 7) is 7.64. The Labute approximate surface area is 312 Å². The van der Waals surface area contributed by atoms with Gasteiger partial charge in [-0.05, 0) is 78.4 Å². The van der Waals surface area contributed by atoms with Crippen LogP contribution in [0.1, 0.15) is 187 Å². The number of hydrogen-bond acceptors (Lipinski definition) is 8. The van der Waals surface area contributed by atoms with E-state index in [1.54, 1.807) is 0 Å². The van der Waals surface area contributed by atoms with E-state index in [0.29, 0.717) is 30.8 Å². The summed E-state index contributed by atoms with van der Waals surface area (Å²) in [5.74, 6) is -0.978. The maximum Gasteiger partial charge on any atom is 0.306 e. The molecule has 1 aliphatic rings. The van der Waals surface area contributed by atoms with E-state index in [1.165, 1.54) is 64.2 Å². The number of carboxylic acid groups (broad SMARTS) is 1. The first-order chi connectivity index (χ1) is 24.7. The second kappa shape index (κ2) is 31.4. The maximum absolute atomic E-state index is 12.8. The molecule has 0 heterocycles. The number of aliphatic hydroxyl groups is 1. The molecule has 0 bridgehead atoms. The highest BCUT2D eigenvalue weighted by atomic mass is 16.5. The van der Waals surface area contributed by atoms with Crippen LogP contribution in [0.15, 0.2) is 11.4 Å². The van der Waals surface area contributed by atoms with Gasteiger partial charge in [-0.3, -0.25) is 14.4 Å². The van der Waals surface area contributed by atoms with E-state index in [9.17, 15) is 19.5 Å². The highest BCUT2D eigenvalue weighted by molar-refractivity contribution is 6.07. The molecule has 0 fully saturated rings. The predicted octanol–water partition coefficient (Wildman–Crippen LogP) is 9.16. The van der Waals surface area contributed by atoms with Crippen molar-refractivity contribution in [1.82, 2.24) is 15.1 Å². The maximum atomic E-state index is 12.8. The van der Waals surface area contributed by atoms with Crippen molar-refractivity contribution in [3.63, 3.8) is 0 Å². The van der Waals surface area contributed by atoms with Crippen LogP contribution in [-0.4, -0.2) is 90.2 Å². The van der Waals surface area contributed by atoms with Gasteiger partial charge in [0.05, 0.1) is 5.70 Å². The SMILES string of the molecule is CCCCCCCCC(CCCCCCCC)OC(=O)CCCCCCCN(CCCCCCCC(=O)O)C1=C(NCCCN(C)C)C(O)C1=O. The Balaban J connectivity index is 2.51. The molecule has 0 saturated heterocycles. The number of nitrogens with zero attached hydrogens (tertiary/aromatic N) is 2. The number of carboxylic acids is 1. The van der Waals surface area contributed by atoms with Gasteiger partial charge in [-0.2, -0.15) is 0 Å². The fourth-order valence-electron chi connectivity index (χ4n) is 6.93. The van der Waals surface area contributed by atoms with Gasteiger partial charge in [0.15, 0.2) is 6.10 Å². The van der Waals surface area contributed by atoms with E-state index in [-0.39, 0.29) is 24.3 Å².